The lowest BCUT2D eigenvalue weighted by Crippen LogP contribution is -2.59. The lowest BCUT2D eigenvalue weighted by Gasteiger charge is -2.44. The number of ether oxygens (including phenoxy) is 6. The van der Waals surface area contributed by atoms with Gasteiger partial charge in [-0.2, -0.15) is 0 Å². The van der Waals surface area contributed by atoms with Crippen molar-refractivity contribution < 1.29 is 28.4 Å². The van der Waals surface area contributed by atoms with E-state index >= 15 is 0 Å². The first-order valence-corrected chi connectivity index (χ1v) is 11.3. The summed E-state index contributed by atoms with van der Waals surface area (Å²) >= 11 is 0. The summed E-state index contributed by atoms with van der Waals surface area (Å²) in [7, 11) is 0. The third-order valence-electron chi connectivity index (χ3n) is 5.80. The maximum Gasteiger partial charge on any atom is 0.161 e. The molecule has 34 heavy (non-hydrogen) atoms. The first-order chi connectivity index (χ1) is 16.8. The summed E-state index contributed by atoms with van der Waals surface area (Å²) in [5.41, 5.74) is 19.3. The minimum absolute atomic E-state index is 0.0118. The molecule has 4 rings (SSSR count). The maximum atomic E-state index is 9.17. The molecule has 2 heterocycles. The second-order valence-electron chi connectivity index (χ2n) is 8.19. The number of benzene rings is 1. The Kier molecular flexibility index (Phi) is 9.14. The van der Waals surface area contributed by atoms with Crippen LogP contribution in [0.15, 0.2) is 52.7 Å². The van der Waals surface area contributed by atoms with Gasteiger partial charge in [0, 0.05) is 16.2 Å². The largest absolute Gasteiger partial charge is 0.371 e. The van der Waals surface area contributed by atoms with Gasteiger partial charge in [0.1, 0.15) is 19.0 Å². The van der Waals surface area contributed by atoms with Crippen molar-refractivity contribution in [3.05, 3.63) is 68.9 Å². The summed E-state index contributed by atoms with van der Waals surface area (Å²) in [5.74, 6) is 0. The molecule has 0 spiro atoms. The van der Waals surface area contributed by atoms with Crippen molar-refractivity contribution in [1.82, 2.24) is 0 Å². The molecule has 12 nitrogen and oxygen atoms in total. The van der Waals surface area contributed by atoms with Crippen LogP contribution in [-0.2, 0) is 35.0 Å². The van der Waals surface area contributed by atoms with Gasteiger partial charge >= 0.3 is 0 Å². The fourth-order valence-electron chi connectivity index (χ4n) is 4.08. The van der Waals surface area contributed by atoms with Crippen molar-refractivity contribution in [3.63, 3.8) is 0 Å². The standard InChI is InChI=1S/C22H28N6O6/c23-27-25-17-10-18(26-28-24)21(34-19-8-4-5-9-30-19)22(32-13-16-12-31-16)20(17)33-14-29-11-15-6-2-1-3-7-15/h1-7,16-22H,8-14H2/t16?,17-,18+,19?,20+,21-,22-/m1/s1. The molecule has 182 valence electrons. The maximum absolute atomic E-state index is 9.17. The summed E-state index contributed by atoms with van der Waals surface area (Å²) < 4.78 is 35.1. The number of epoxide rings is 1. The van der Waals surface area contributed by atoms with Crippen molar-refractivity contribution in [2.45, 2.75) is 62.2 Å². The Morgan fingerprint density at radius 1 is 0.941 bits per heavy atom. The first-order valence-electron chi connectivity index (χ1n) is 11.3. The average molecular weight is 473 g/mol. The van der Waals surface area contributed by atoms with E-state index in [0.717, 1.165) is 5.56 Å². The summed E-state index contributed by atoms with van der Waals surface area (Å²) in [5, 5.41) is 7.84. The molecule has 2 aliphatic heterocycles. The Morgan fingerprint density at radius 2 is 1.71 bits per heavy atom. The van der Waals surface area contributed by atoms with Crippen LogP contribution in [0, 0.1) is 0 Å². The molecule has 0 N–H and O–H groups in total. The van der Waals surface area contributed by atoms with E-state index in [2.05, 4.69) is 20.1 Å². The van der Waals surface area contributed by atoms with Gasteiger partial charge in [-0.3, -0.25) is 0 Å². The highest BCUT2D eigenvalue weighted by molar-refractivity contribution is 5.13. The predicted molar refractivity (Wildman–Crippen MR) is 119 cm³/mol. The van der Waals surface area contributed by atoms with Crippen LogP contribution in [0.2, 0.25) is 0 Å². The zero-order valence-electron chi connectivity index (χ0n) is 18.7. The van der Waals surface area contributed by atoms with E-state index in [1.54, 1.807) is 0 Å². The molecule has 0 amide bonds. The highest BCUT2D eigenvalue weighted by Gasteiger charge is 2.48. The highest BCUT2D eigenvalue weighted by atomic mass is 16.7. The van der Waals surface area contributed by atoms with Gasteiger partial charge in [-0.25, -0.2) is 0 Å². The van der Waals surface area contributed by atoms with Crippen LogP contribution in [0.5, 0.6) is 0 Å². The zero-order valence-corrected chi connectivity index (χ0v) is 18.7. The Labute approximate surface area is 197 Å². The van der Waals surface area contributed by atoms with E-state index < -0.39 is 36.7 Å². The van der Waals surface area contributed by atoms with Gasteiger partial charge in [-0.05, 0) is 23.0 Å². The highest BCUT2D eigenvalue weighted by Crippen LogP contribution is 2.34. The number of hydrogen-bond acceptors (Lipinski definition) is 8. The van der Waals surface area contributed by atoms with Crippen LogP contribution in [0.4, 0.5) is 0 Å². The summed E-state index contributed by atoms with van der Waals surface area (Å²) in [4.78, 5) is 5.96. The Bertz CT molecular complexity index is 902. The van der Waals surface area contributed by atoms with E-state index in [1.165, 1.54) is 0 Å². The monoisotopic (exact) mass is 472 g/mol. The Morgan fingerprint density at radius 3 is 2.38 bits per heavy atom. The van der Waals surface area contributed by atoms with E-state index in [-0.39, 0.29) is 19.3 Å². The second kappa shape index (κ2) is 12.7. The van der Waals surface area contributed by atoms with Crippen molar-refractivity contribution in [1.29, 1.82) is 0 Å². The van der Waals surface area contributed by atoms with E-state index in [4.69, 9.17) is 39.5 Å². The molecule has 1 saturated carbocycles. The SMILES string of the molecule is [N-]=[N+]=N[C@H]1C[C@@H](N=[N+]=[N-])[C@H](OCOCc2ccccc2)[C@@H](OCC2CO2)[C@@H]1OC1CC=CCO1. The molecular formula is C22H28N6O6. The number of rotatable bonds is 12. The molecule has 1 aromatic carbocycles. The fraction of sp³-hybridized carbons (Fsp3) is 0.636. The van der Waals surface area contributed by atoms with Crippen molar-refractivity contribution in [2.75, 3.05) is 26.6 Å². The molecule has 0 radical (unpaired) electrons. The smallest absolute Gasteiger partial charge is 0.161 e. The van der Waals surface area contributed by atoms with Crippen molar-refractivity contribution in [2.24, 2.45) is 10.2 Å². The lowest BCUT2D eigenvalue weighted by molar-refractivity contribution is -0.242. The Hall–Kier alpha value is -2.66. The average Bonchev–Trinajstić information content (AvgIpc) is 3.69. The third-order valence-corrected chi connectivity index (χ3v) is 5.80. The van der Waals surface area contributed by atoms with Crippen LogP contribution < -0.4 is 0 Å². The van der Waals surface area contributed by atoms with Gasteiger partial charge < -0.3 is 28.4 Å². The van der Waals surface area contributed by atoms with E-state index in [9.17, 15) is 0 Å². The van der Waals surface area contributed by atoms with E-state index in [1.807, 2.05) is 42.5 Å². The van der Waals surface area contributed by atoms with Crippen LogP contribution in [-0.4, -0.2) is 69.4 Å². The third kappa shape index (κ3) is 6.92. The quantitative estimate of drug-likeness (QED) is 0.0857. The summed E-state index contributed by atoms with van der Waals surface area (Å²) in [6.07, 6.45) is 2.12. The molecule has 1 saturated heterocycles. The van der Waals surface area contributed by atoms with Crippen LogP contribution in [0.25, 0.3) is 20.9 Å². The second-order valence-corrected chi connectivity index (χ2v) is 8.19. The summed E-state index contributed by atoms with van der Waals surface area (Å²) in [6.45, 7) is 1.68. The Balaban J connectivity index is 1.50. The van der Waals surface area contributed by atoms with Gasteiger partial charge in [0.05, 0.1) is 50.7 Å². The van der Waals surface area contributed by atoms with Gasteiger partial charge in [0.25, 0.3) is 0 Å². The van der Waals surface area contributed by atoms with Crippen molar-refractivity contribution in [3.8, 4) is 0 Å². The normalized spacial score (nSPS) is 32.4. The topological polar surface area (TPSA) is 156 Å². The molecular weight excluding hydrogens is 444 g/mol. The molecule has 1 aliphatic carbocycles. The molecule has 1 aromatic rings. The minimum atomic E-state index is -0.696. The van der Waals surface area contributed by atoms with Gasteiger partial charge in [-0.1, -0.05) is 52.7 Å². The van der Waals surface area contributed by atoms with Crippen LogP contribution in [0.1, 0.15) is 18.4 Å². The molecule has 0 aromatic heterocycles. The lowest BCUT2D eigenvalue weighted by atomic mass is 9.84. The molecule has 12 heteroatoms. The molecule has 7 atom stereocenters. The number of azide groups is 2. The zero-order chi connectivity index (χ0) is 23.6. The molecule has 0 bridgehead atoms. The fourth-order valence-corrected chi connectivity index (χ4v) is 4.08. The molecule has 2 fully saturated rings. The van der Waals surface area contributed by atoms with E-state index in [0.29, 0.717) is 32.8 Å². The van der Waals surface area contributed by atoms with Gasteiger partial charge in [0.15, 0.2) is 6.29 Å². The first kappa shape index (κ1) is 24.5. The minimum Gasteiger partial charge on any atom is -0.371 e. The van der Waals surface area contributed by atoms with Crippen molar-refractivity contribution >= 4 is 0 Å². The van der Waals surface area contributed by atoms with Crippen LogP contribution >= 0.6 is 0 Å². The molecule has 2 unspecified atom stereocenters. The number of hydrogen-bond donors (Lipinski definition) is 0. The number of nitrogens with zero attached hydrogens (tertiary/aromatic N) is 6. The van der Waals surface area contributed by atoms with Gasteiger partial charge in [-0.15, -0.1) is 0 Å². The predicted octanol–water partition coefficient (Wildman–Crippen LogP) is 3.78. The summed E-state index contributed by atoms with van der Waals surface area (Å²) in [6, 6.07) is 8.44. The molecule has 3 aliphatic rings. The van der Waals surface area contributed by atoms with Gasteiger partial charge in [0.2, 0.25) is 0 Å². The van der Waals surface area contributed by atoms with Crippen LogP contribution in [0.3, 0.4) is 0 Å².